The van der Waals surface area contributed by atoms with Gasteiger partial charge >= 0.3 is 0 Å². The maximum atomic E-state index is 12.5. The number of amides is 2. The maximum absolute atomic E-state index is 12.5. The third kappa shape index (κ3) is 3.72. The van der Waals surface area contributed by atoms with Crippen molar-refractivity contribution >= 4 is 11.8 Å². The molecule has 1 saturated heterocycles. The fraction of sp³-hybridized carbons (Fsp3) is 0.867. The average Bonchev–Trinajstić information content (AvgIpc) is 2.47. The highest BCUT2D eigenvalue weighted by molar-refractivity contribution is 5.79. The molecule has 0 bridgehead atoms. The van der Waals surface area contributed by atoms with E-state index in [2.05, 4.69) is 5.32 Å². The van der Waals surface area contributed by atoms with Crippen LogP contribution >= 0.6 is 0 Å². The van der Waals surface area contributed by atoms with Gasteiger partial charge in [0.2, 0.25) is 11.8 Å². The van der Waals surface area contributed by atoms with Crippen LogP contribution in [0.1, 0.15) is 45.4 Å². The lowest BCUT2D eigenvalue weighted by Crippen LogP contribution is -2.50. The molecule has 1 aliphatic heterocycles. The van der Waals surface area contributed by atoms with Gasteiger partial charge in [0.05, 0.1) is 12.1 Å². The molecule has 1 saturated carbocycles. The Balaban J connectivity index is 1.91. The highest BCUT2D eigenvalue weighted by Gasteiger charge is 2.36. The van der Waals surface area contributed by atoms with Gasteiger partial charge in [-0.2, -0.15) is 0 Å². The van der Waals surface area contributed by atoms with Gasteiger partial charge < -0.3 is 15.0 Å². The number of hydrogen-bond donors (Lipinski definition) is 1. The number of nitrogens with one attached hydrogen (secondary N) is 1. The summed E-state index contributed by atoms with van der Waals surface area (Å²) < 4.78 is 5.49. The van der Waals surface area contributed by atoms with Crippen molar-refractivity contribution in [3.05, 3.63) is 0 Å². The van der Waals surface area contributed by atoms with Gasteiger partial charge in [0, 0.05) is 33.0 Å². The Bertz CT molecular complexity index is 353. The average molecular weight is 282 g/mol. The first-order chi connectivity index (χ1) is 9.61. The number of carbonyl (C=O) groups is 2. The van der Waals surface area contributed by atoms with Gasteiger partial charge in [0.1, 0.15) is 0 Å². The lowest BCUT2D eigenvalue weighted by Gasteiger charge is -2.37. The Hall–Kier alpha value is -1.10. The molecule has 5 heteroatoms. The van der Waals surface area contributed by atoms with Gasteiger partial charge in [-0.15, -0.1) is 0 Å². The molecule has 1 heterocycles. The molecule has 1 aliphatic carbocycles. The second-order valence-electron chi connectivity index (χ2n) is 5.98. The van der Waals surface area contributed by atoms with Crippen molar-refractivity contribution in [1.29, 1.82) is 0 Å². The van der Waals surface area contributed by atoms with E-state index in [9.17, 15) is 9.59 Å². The Morgan fingerprint density at radius 3 is 2.45 bits per heavy atom. The molecular formula is C15H26N2O3. The molecule has 0 aromatic carbocycles. The lowest BCUT2D eigenvalue weighted by molar-refractivity contribution is -0.139. The van der Waals surface area contributed by atoms with Crippen LogP contribution in [0, 0.1) is 5.92 Å². The van der Waals surface area contributed by atoms with E-state index in [-0.39, 0.29) is 29.9 Å². The monoisotopic (exact) mass is 282 g/mol. The first kappa shape index (κ1) is 15.3. The molecule has 3 atom stereocenters. The van der Waals surface area contributed by atoms with Gasteiger partial charge in [-0.25, -0.2) is 0 Å². The number of piperidine rings is 1. The summed E-state index contributed by atoms with van der Waals surface area (Å²) in [5.41, 5.74) is 0. The zero-order chi connectivity index (χ0) is 14.5. The molecule has 2 rings (SSSR count). The molecule has 2 aliphatic rings. The van der Waals surface area contributed by atoms with Crippen LogP contribution in [-0.4, -0.2) is 49.1 Å². The summed E-state index contributed by atoms with van der Waals surface area (Å²) in [6.07, 6.45) is 5.83. The van der Waals surface area contributed by atoms with Crippen molar-refractivity contribution in [3.63, 3.8) is 0 Å². The SMILES string of the molecule is CO[C@@H]1C[C@@H](C(=O)N2CCCCC2)CC[C@H]1NC(C)=O. The normalized spacial score (nSPS) is 30.9. The molecule has 5 nitrogen and oxygen atoms in total. The van der Waals surface area contributed by atoms with E-state index >= 15 is 0 Å². The Kier molecular flexibility index (Phi) is 5.40. The number of ether oxygens (including phenoxy) is 1. The van der Waals surface area contributed by atoms with E-state index in [1.807, 2.05) is 4.90 Å². The van der Waals surface area contributed by atoms with Crippen molar-refractivity contribution in [2.75, 3.05) is 20.2 Å². The van der Waals surface area contributed by atoms with E-state index in [0.717, 1.165) is 45.2 Å². The van der Waals surface area contributed by atoms with Crippen LogP contribution in [0.5, 0.6) is 0 Å². The number of hydrogen-bond acceptors (Lipinski definition) is 3. The second-order valence-corrected chi connectivity index (χ2v) is 5.98. The van der Waals surface area contributed by atoms with Gasteiger partial charge in [0.25, 0.3) is 0 Å². The molecule has 0 aromatic heterocycles. The maximum Gasteiger partial charge on any atom is 0.225 e. The van der Waals surface area contributed by atoms with Crippen LogP contribution < -0.4 is 5.32 Å². The summed E-state index contributed by atoms with van der Waals surface area (Å²) in [6, 6.07) is 0.0444. The molecule has 0 radical (unpaired) electrons. The minimum absolute atomic E-state index is 0.0298. The molecule has 0 unspecified atom stereocenters. The first-order valence-electron chi connectivity index (χ1n) is 7.70. The van der Waals surface area contributed by atoms with Crippen molar-refractivity contribution in [2.24, 2.45) is 5.92 Å². The smallest absolute Gasteiger partial charge is 0.225 e. The third-order valence-electron chi connectivity index (χ3n) is 4.50. The zero-order valence-corrected chi connectivity index (χ0v) is 12.6. The summed E-state index contributed by atoms with van der Waals surface area (Å²) in [4.78, 5) is 25.7. The highest BCUT2D eigenvalue weighted by Crippen LogP contribution is 2.29. The van der Waals surface area contributed by atoms with Crippen LogP contribution in [0.4, 0.5) is 0 Å². The number of likely N-dealkylation sites (tertiary alicyclic amines) is 1. The molecule has 0 aromatic rings. The number of rotatable bonds is 3. The van der Waals surface area contributed by atoms with Crippen molar-refractivity contribution in [3.8, 4) is 0 Å². The van der Waals surface area contributed by atoms with Crippen molar-refractivity contribution < 1.29 is 14.3 Å². The van der Waals surface area contributed by atoms with Crippen molar-refractivity contribution in [1.82, 2.24) is 10.2 Å². The Labute approximate surface area is 121 Å². The van der Waals surface area contributed by atoms with E-state index in [1.54, 1.807) is 7.11 Å². The van der Waals surface area contributed by atoms with Crippen LogP contribution in [0.25, 0.3) is 0 Å². The summed E-state index contributed by atoms with van der Waals surface area (Å²) in [5.74, 6) is 0.314. The molecule has 0 spiro atoms. The second kappa shape index (κ2) is 7.07. The van der Waals surface area contributed by atoms with Gasteiger partial charge in [-0.05, 0) is 38.5 Å². The standard InChI is InChI=1S/C15H26N2O3/c1-11(18)16-13-7-6-12(10-14(13)20-2)15(19)17-8-4-3-5-9-17/h12-14H,3-10H2,1-2H3,(H,16,18)/t12-,13+,14+/m0/s1. The minimum atomic E-state index is -0.0496. The molecular weight excluding hydrogens is 256 g/mol. The molecule has 2 amide bonds. The minimum Gasteiger partial charge on any atom is -0.379 e. The van der Waals surface area contributed by atoms with Crippen LogP contribution in [-0.2, 0) is 14.3 Å². The van der Waals surface area contributed by atoms with E-state index in [1.165, 1.54) is 13.3 Å². The molecule has 20 heavy (non-hydrogen) atoms. The highest BCUT2D eigenvalue weighted by atomic mass is 16.5. The first-order valence-corrected chi connectivity index (χ1v) is 7.70. The van der Waals surface area contributed by atoms with Crippen molar-refractivity contribution in [2.45, 2.75) is 57.6 Å². The van der Waals surface area contributed by atoms with Crippen LogP contribution in [0.3, 0.4) is 0 Å². The number of nitrogens with zero attached hydrogens (tertiary/aromatic N) is 1. The topological polar surface area (TPSA) is 58.6 Å². The fourth-order valence-electron chi connectivity index (χ4n) is 3.41. The summed E-state index contributed by atoms with van der Waals surface area (Å²) in [7, 11) is 1.66. The fourth-order valence-corrected chi connectivity index (χ4v) is 3.41. The summed E-state index contributed by atoms with van der Waals surface area (Å²) >= 11 is 0. The van der Waals surface area contributed by atoms with Crippen LogP contribution in [0.2, 0.25) is 0 Å². The molecule has 1 N–H and O–H groups in total. The van der Waals surface area contributed by atoms with Gasteiger partial charge in [-0.3, -0.25) is 9.59 Å². The molecule has 2 fully saturated rings. The van der Waals surface area contributed by atoms with Gasteiger partial charge in [-0.1, -0.05) is 0 Å². The van der Waals surface area contributed by atoms with Gasteiger partial charge in [0.15, 0.2) is 0 Å². The largest absolute Gasteiger partial charge is 0.379 e. The quantitative estimate of drug-likeness (QED) is 0.849. The van der Waals surface area contributed by atoms with E-state index in [0.29, 0.717) is 0 Å². The lowest BCUT2D eigenvalue weighted by atomic mass is 9.82. The third-order valence-corrected chi connectivity index (χ3v) is 4.50. The summed E-state index contributed by atoms with van der Waals surface area (Å²) in [6.45, 7) is 3.34. The van der Waals surface area contributed by atoms with E-state index < -0.39 is 0 Å². The van der Waals surface area contributed by atoms with E-state index in [4.69, 9.17) is 4.74 Å². The predicted molar refractivity (Wildman–Crippen MR) is 76.2 cm³/mol. The number of methoxy groups -OCH3 is 1. The Morgan fingerprint density at radius 2 is 1.85 bits per heavy atom. The molecule has 114 valence electrons. The Morgan fingerprint density at radius 1 is 1.15 bits per heavy atom. The number of carbonyl (C=O) groups excluding carboxylic acids is 2. The van der Waals surface area contributed by atoms with Crippen LogP contribution in [0.15, 0.2) is 0 Å². The summed E-state index contributed by atoms with van der Waals surface area (Å²) in [5, 5.41) is 2.93. The zero-order valence-electron chi connectivity index (χ0n) is 12.6. The predicted octanol–water partition coefficient (Wildman–Crippen LogP) is 1.32.